The molecule has 0 unspecified atom stereocenters. The number of carbonyl (C=O) groups is 2. The number of rotatable bonds is 6. The Morgan fingerprint density at radius 1 is 1.00 bits per heavy atom. The molecule has 6 nitrogen and oxygen atoms in total. The van der Waals surface area contributed by atoms with E-state index in [4.69, 9.17) is 9.52 Å². The normalized spacial score (nSPS) is 12.8. The van der Waals surface area contributed by atoms with Gasteiger partial charge in [-0.05, 0) is 84.0 Å². The van der Waals surface area contributed by atoms with Gasteiger partial charge in [0.25, 0.3) is 0 Å². The quantitative estimate of drug-likeness (QED) is 0.401. The third kappa shape index (κ3) is 4.70. The van der Waals surface area contributed by atoms with Gasteiger partial charge in [-0.15, -0.1) is 0 Å². The van der Waals surface area contributed by atoms with Crippen LogP contribution in [0.15, 0.2) is 71.2 Å². The number of aryl methyl sites for hydroxylation is 2. The van der Waals surface area contributed by atoms with E-state index in [2.05, 4.69) is 22.4 Å². The van der Waals surface area contributed by atoms with Crippen molar-refractivity contribution < 1.29 is 19.1 Å². The van der Waals surface area contributed by atoms with Crippen molar-refractivity contribution in [3.63, 3.8) is 0 Å². The molecule has 5 rings (SSSR count). The summed E-state index contributed by atoms with van der Waals surface area (Å²) in [5, 5.41) is 11.9. The molecule has 6 heteroatoms. The molecule has 0 saturated heterocycles. The maximum absolute atomic E-state index is 12.3. The highest BCUT2D eigenvalue weighted by Gasteiger charge is 2.12. The van der Waals surface area contributed by atoms with E-state index in [1.165, 1.54) is 23.6 Å². The van der Waals surface area contributed by atoms with E-state index >= 15 is 0 Å². The van der Waals surface area contributed by atoms with Gasteiger partial charge in [0.15, 0.2) is 5.58 Å². The number of benzene rings is 3. The summed E-state index contributed by atoms with van der Waals surface area (Å²) in [4.78, 5) is 27.7. The van der Waals surface area contributed by atoms with Crippen LogP contribution < -0.4 is 5.32 Å². The second kappa shape index (κ2) is 8.74. The van der Waals surface area contributed by atoms with Crippen molar-refractivity contribution in [1.29, 1.82) is 0 Å². The van der Waals surface area contributed by atoms with Gasteiger partial charge in [-0.3, -0.25) is 9.59 Å². The molecule has 0 aliphatic heterocycles. The Bertz CT molecular complexity index is 1380. The van der Waals surface area contributed by atoms with Crippen LogP contribution in [-0.2, 0) is 28.9 Å². The van der Waals surface area contributed by atoms with Gasteiger partial charge in [-0.1, -0.05) is 24.3 Å². The zero-order chi connectivity index (χ0) is 22.8. The molecule has 0 radical (unpaired) electrons. The Morgan fingerprint density at radius 2 is 1.82 bits per heavy atom. The lowest BCUT2D eigenvalue weighted by Gasteiger charge is -2.05. The minimum absolute atomic E-state index is 0.0563. The number of carboxylic acid groups (broad SMARTS) is 1. The summed E-state index contributed by atoms with van der Waals surface area (Å²) >= 11 is 0. The second-order valence-corrected chi connectivity index (χ2v) is 8.17. The van der Waals surface area contributed by atoms with Crippen LogP contribution in [0.3, 0.4) is 0 Å². The minimum Gasteiger partial charge on any atom is -0.481 e. The van der Waals surface area contributed by atoms with Crippen LogP contribution >= 0.6 is 0 Å². The minimum atomic E-state index is -0.886. The molecule has 2 N–H and O–H groups in total. The van der Waals surface area contributed by atoms with Crippen LogP contribution in [0.4, 0.5) is 5.69 Å². The highest BCUT2D eigenvalue weighted by atomic mass is 16.4. The molecular formula is C27H22N2O4. The first-order chi connectivity index (χ1) is 16.0. The number of amides is 1. The molecular weight excluding hydrogens is 416 g/mol. The number of aromatic nitrogens is 1. The standard InChI is InChI=1S/C27H22N2O4/c30-25(28-22-11-10-19-2-1-3-21(19)16-22)13-7-17-4-8-20(9-5-17)27-29-23-14-18(15-26(31)32)6-12-24(23)33-27/h4-14,16H,1-3,15H2,(H,28,30)(H,31,32). The molecule has 1 amide bonds. The maximum Gasteiger partial charge on any atom is 0.307 e. The van der Waals surface area contributed by atoms with E-state index in [0.717, 1.165) is 29.7 Å². The molecule has 1 aromatic heterocycles. The van der Waals surface area contributed by atoms with Crippen LogP contribution in [0.2, 0.25) is 0 Å². The predicted molar refractivity (Wildman–Crippen MR) is 127 cm³/mol. The van der Waals surface area contributed by atoms with Crippen molar-refractivity contribution in [2.75, 3.05) is 5.32 Å². The van der Waals surface area contributed by atoms with Gasteiger partial charge in [-0.25, -0.2) is 4.98 Å². The zero-order valence-electron chi connectivity index (χ0n) is 17.9. The zero-order valence-corrected chi connectivity index (χ0v) is 17.9. The predicted octanol–water partition coefficient (Wildman–Crippen LogP) is 5.26. The molecule has 3 aromatic carbocycles. The topological polar surface area (TPSA) is 92.4 Å². The number of aliphatic carboxylic acids is 1. The molecule has 0 bridgehead atoms. The van der Waals surface area contributed by atoms with Gasteiger partial charge >= 0.3 is 5.97 Å². The summed E-state index contributed by atoms with van der Waals surface area (Å²) in [7, 11) is 0. The Kier molecular flexibility index (Phi) is 5.48. The summed E-state index contributed by atoms with van der Waals surface area (Å²) in [6.07, 6.45) is 6.60. The molecule has 0 atom stereocenters. The van der Waals surface area contributed by atoms with Crippen molar-refractivity contribution in [1.82, 2.24) is 4.98 Å². The Hall–Kier alpha value is -4.19. The molecule has 0 spiro atoms. The second-order valence-electron chi connectivity index (χ2n) is 8.17. The van der Waals surface area contributed by atoms with E-state index in [9.17, 15) is 9.59 Å². The first-order valence-corrected chi connectivity index (χ1v) is 10.9. The fourth-order valence-electron chi connectivity index (χ4n) is 4.12. The third-order valence-corrected chi connectivity index (χ3v) is 5.76. The maximum atomic E-state index is 12.3. The smallest absolute Gasteiger partial charge is 0.307 e. The average Bonchev–Trinajstić information content (AvgIpc) is 3.44. The van der Waals surface area contributed by atoms with E-state index in [1.807, 2.05) is 30.3 Å². The molecule has 1 aliphatic rings. The largest absolute Gasteiger partial charge is 0.481 e. The van der Waals surface area contributed by atoms with Crippen molar-refractivity contribution in [3.05, 3.63) is 89.0 Å². The van der Waals surface area contributed by atoms with Gasteiger partial charge in [0.05, 0.1) is 6.42 Å². The van der Waals surface area contributed by atoms with E-state index in [-0.39, 0.29) is 12.3 Å². The van der Waals surface area contributed by atoms with Crippen LogP contribution in [0.1, 0.15) is 28.7 Å². The van der Waals surface area contributed by atoms with Gasteiger partial charge < -0.3 is 14.8 Å². The van der Waals surface area contributed by atoms with Gasteiger partial charge in [0.2, 0.25) is 11.8 Å². The number of nitrogens with one attached hydrogen (secondary N) is 1. The van der Waals surface area contributed by atoms with E-state index in [0.29, 0.717) is 22.6 Å². The number of nitrogens with zero attached hydrogens (tertiary/aromatic N) is 1. The number of carbonyl (C=O) groups excluding carboxylic acids is 1. The van der Waals surface area contributed by atoms with Crippen LogP contribution in [0.25, 0.3) is 28.6 Å². The van der Waals surface area contributed by atoms with Gasteiger partial charge in [0, 0.05) is 17.3 Å². The third-order valence-electron chi connectivity index (χ3n) is 5.76. The number of anilines is 1. The lowest BCUT2D eigenvalue weighted by atomic mass is 10.1. The van der Waals surface area contributed by atoms with Crippen molar-refractivity contribution in [2.45, 2.75) is 25.7 Å². The molecule has 1 heterocycles. The van der Waals surface area contributed by atoms with Gasteiger partial charge in [-0.2, -0.15) is 0 Å². The molecule has 0 fully saturated rings. The fourth-order valence-corrected chi connectivity index (χ4v) is 4.12. The first-order valence-electron chi connectivity index (χ1n) is 10.9. The Morgan fingerprint density at radius 3 is 2.64 bits per heavy atom. The van der Waals surface area contributed by atoms with E-state index < -0.39 is 5.97 Å². The van der Waals surface area contributed by atoms with E-state index in [1.54, 1.807) is 24.3 Å². The lowest BCUT2D eigenvalue weighted by molar-refractivity contribution is -0.136. The number of carboxylic acids is 1. The van der Waals surface area contributed by atoms with Crippen LogP contribution in [0, 0.1) is 0 Å². The van der Waals surface area contributed by atoms with Crippen molar-refractivity contribution in [3.8, 4) is 11.5 Å². The summed E-state index contributed by atoms with van der Waals surface area (Å²) in [5.74, 6) is -0.599. The number of hydrogen-bond acceptors (Lipinski definition) is 4. The highest BCUT2D eigenvalue weighted by Crippen LogP contribution is 2.26. The number of oxazole rings is 1. The molecule has 1 aliphatic carbocycles. The SMILES string of the molecule is O=C(O)Cc1ccc2oc(-c3ccc(C=CC(=O)Nc4ccc5c(c4)CCC5)cc3)nc2c1. The summed E-state index contributed by atoms with van der Waals surface area (Å²) in [6.45, 7) is 0. The summed E-state index contributed by atoms with van der Waals surface area (Å²) < 4.78 is 5.81. The molecule has 4 aromatic rings. The van der Waals surface area contributed by atoms with Crippen molar-refractivity contribution in [2.24, 2.45) is 0 Å². The lowest BCUT2D eigenvalue weighted by Crippen LogP contribution is -2.08. The summed E-state index contributed by atoms with van der Waals surface area (Å²) in [5.41, 5.74) is 7.10. The summed E-state index contributed by atoms with van der Waals surface area (Å²) in [6, 6.07) is 18.8. The Labute approximate surface area is 190 Å². The first kappa shape index (κ1) is 20.7. The number of hydrogen-bond donors (Lipinski definition) is 2. The molecule has 33 heavy (non-hydrogen) atoms. The fraction of sp³-hybridized carbons (Fsp3) is 0.148. The average molecular weight is 438 g/mol. The number of fused-ring (bicyclic) bond motifs is 2. The highest BCUT2D eigenvalue weighted by molar-refractivity contribution is 6.02. The van der Waals surface area contributed by atoms with Crippen LogP contribution in [0.5, 0.6) is 0 Å². The monoisotopic (exact) mass is 438 g/mol. The molecule has 164 valence electrons. The van der Waals surface area contributed by atoms with Crippen molar-refractivity contribution >= 4 is 34.7 Å². The van der Waals surface area contributed by atoms with Crippen LogP contribution in [-0.4, -0.2) is 22.0 Å². The molecule has 0 saturated carbocycles. The Balaban J connectivity index is 1.26. The van der Waals surface area contributed by atoms with Gasteiger partial charge in [0.1, 0.15) is 5.52 Å².